The summed E-state index contributed by atoms with van der Waals surface area (Å²) in [6, 6.07) is 0.220. The molecule has 1 unspecified atom stereocenters. The Morgan fingerprint density at radius 3 is 2.61 bits per heavy atom. The van der Waals surface area contributed by atoms with Gasteiger partial charge in [-0.15, -0.1) is 0 Å². The molecule has 1 fully saturated rings. The second-order valence-electron chi connectivity index (χ2n) is 5.49. The highest BCUT2D eigenvalue weighted by Gasteiger charge is 2.36. The fraction of sp³-hybridized carbons (Fsp3) is 0.929. The van der Waals surface area contributed by atoms with Crippen LogP contribution in [0.1, 0.15) is 58.8 Å². The van der Waals surface area contributed by atoms with Crippen molar-refractivity contribution < 1.29 is 9.53 Å². The summed E-state index contributed by atoms with van der Waals surface area (Å²) in [6.45, 7) is 5.45. The van der Waals surface area contributed by atoms with E-state index in [2.05, 4.69) is 19.2 Å². The average molecular weight is 256 g/mol. The van der Waals surface area contributed by atoms with Crippen molar-refractivity contribution in [3.05, 3.63) is 0 Å². The van der Waals surface area contributed by atoms with E-state index in [9.17, 15) is 4.79 Å². The van der Waals surface area contributed by atoms with Crippen molar-refractivity contribution in [2.24, 2.45) is 5.73 Å². The lowest BCUT2D eigenvalue weighted by Gasteiger charge is -2.33. The zero-order valence-electron chi connectivity index (χ0n) is 11.8. The van der Waals surface area contributed by atoms with E-state index in [4.69, 9.17) is 10.5 Å². The summed E-state index contributed by atoms with van der Waals surface area (Å²) in [7, 11) is 0. The first kappa shape index (κ1) is 15.4. The lowest BCUT2D eigenvalue weighted by atomic mass is 9.90. The van der Waals surface area contributed by atoms with Crippen LogP contribution in [0, 0.1) is 0 Å². The second-order valence-corrected chi connectivity index (χ2v) is 5.49. The monoisotopic (exact) mass is 256 g/mol. The molecule has 3 N–H and O–H groups in total. The van der Waals surface area contributed by atoms with Crippen LogP contribution in [0.15, 0.2) is 0 Å². The maximum absolute atomic E-state index is 12.1. The van der Waals surface area contributed by atoms with Gasteiger partial charge in [0.1, 0.15) is 0 Å². The third-order valence-electron chi connectivity index (χ3n) is 3.71. The number of carbonyl (C=O) groups excluding carboxylic acids is 1. The van der Waals surface area contributed by atoms with Crippen LogP contribution >= 0.6 is 0 Å². The Kier molecular flexibility index (Phi) is 6.65. The first-order valence-corrected chi connectivity index (χ1v) is 7.26. The highest BCUT2D eigenvalue weighted by Crippen LogP contribution is 2.18. The molecule has 0 aromatic carbocycles. The summed E-state index contributed by atoms with van der Waals surface area (Å²) in [6.07, 6.45) is 7.24. The molecule has 106 valence electrons. The standard InChI is InChI=1S/C14H28N2O2/c1-3-4-5-6-7-12(2)16-13(17)14(15)8-10-18-11-9-14/h12H,3-11,15H2,1-2H3,(H,16,17). The molecule has 1 aliphatic heterocycles. The number of hydrogen-bond acceptors (Lipinski definition) is 3. The third kappa shape index (κ3) is 4.94. The molecule has 1 amide bonds. The summed E-state index contributed by atoms with van der Waals surface area (Å²) >= 11 is 0. The molecule has 0 saturated carbocycles. The van der Waals surface area contributed by atoms with Gasteiger partial charge in [-0.2, -0.15) is 0 Å². The minimum absolute atomic E-state index is 0.00575. The predicted molar refractivity (Wildman–Crippen MR) is 73.3 cm³/mol. The van der Waals surface area contributed by atoms with E-state index < -0.39 is 5.54 Å². The van der Waals surface area contributed by atoms with Crippen molar-refractivity contribution in [3.8, 4) is 0 Å². The van der Waals surface area contributed by atoms with Gasteiger partial charge in [-0.05, 0) is 26.2 Å². The summed E-state index contributed by atoms with van der Waals surface area (Å²) in [4.78, 5) is 12.1. The number of carbonyl (C=O) groups is 1. The van der Waals surface area contributed by atoms with E-state index in [0.717, 1.165) is 6.42 Å². The Bertz CT molecular complexity index is 250. The van der Waals surface area contributed by atoms with E-state index in [1.807, 2.05) is 0 Å². The summed E-state index contributed by atoms with van der Waals surface area (Å²) in [5, 5.41) is 3.05. The third-order valence-corrected chi connectivity index (χ3v) is 3.71. The Hall–Kier alpha value is -0.610. The maximum atomic E-state index is 12.1. The Morgan fingerprint density at radius 1 is 1.33 bits per heavy atom. The molecule has 0 aromatic heterocycles. The van der Waals surface area contributed by atoms with Crippen LogP contribution in [-0.4, -0.2) is 30.7 Å². The molecule has 4 nitrogen and oxygen atoms in total. The van der Waals surface area contributed by atoms with Crippen LogP contribution in [0.2, 0.25) is 0 Å². The molecule has 1 aliphatic rings. The smallest absolute Gasteiger partial charge is 0.240 e. The second kappa shape index (κ2) is 7.74. The number of rotatable bonds is 7. The number of hydrogen-bond donors (Lipinski definition) is 2. The van der Waals surface area contributed by atoms with Crippen LogP contribution in [0.25, 0.3) is 0 Å². The van der Waals surface area contributed by atoms with Crippen molar-refractivity contribution in [1.29, 1.82) is 0 Å². The van der Waals surface area contributed by atoms with Gasteiger partial charge in [0.25, 0.3) is 0 Å². The van der Waals surface area contributed by atoms with Crippen molar-refractivity contribution in [2.45, 2.75) is 70.4 Å². The maximum Gasteiger partial charge on any atom is 0.240 e. The predicted octanol–water partition coefficient (Wildman–Crippen LogP) is 1.97. The average Bonchev–Trinajstić information content (AvgIpc) is 2.35. The van der Waals surface area contributed by atoms with Crippen LogP contribution in [0.4, 0.5) is 0 Å². The lowest BCUT2D eigenvalue weighted by Crippen LogP contribution is -2.58. The quantitative estimate of drug-likeness (QED) is 0.684. The van der Waals surface area contributed by atoms with Gasteiger partial charge in [0, 0.05) is 19.3 Å². The van der Waals surface area contributed by atoms with E-state index in [1.54, 1.807) is 0 Å². The van der Waals surface area contributed by atoms with Gasteiger partial charge in [-0.3, -0.25) is 4.79 Å². The van der Waals surface area contributed by atoms with Gasteiger partial charge in [0.2, 0.25) is 5.91 Å². The molecule has 0 radical (unpaired) electrons. The molecule has 1 saturated heterocycles. The van der Waals surface area contributed by atoms with Gasteiger partial charge in [0.15, 0.2) is 0 Å². The largest absolute Gasteiger partial charge is 0.381 e. The fourth-order valence-corrected chi connectivity index (χ4v) is 2.28. The van der Waals surface area contributed by atoms with Crippen LogP contribution < -0.4 is 11.1 Å². The van der Waals surface area contributed by atoms with Crippen molar-refractivity contribution in [1.82, 2.24) is 5.32 Å². The molecule has 0 aromatic rings. The highest BCUT2D eigenvalue weighted by atomic mass is 16.5. The fourth-order valence-electron chi connectivity index (χ4n) is 2.28. The van der Waals surface area contributed by atoms with Gasteiger partial charge < -0.3 is 15.8 Å². The Balaban J connectivity index is 2.25. The first-order valence-electron chi connectivity index (χ1n) is 7.26. The zero-order chi connectivity index (χ0) is 13.4. The molecule has 1 atom stereocenters. The number of amides is 1. The molecule has 0 spiro atoms. The first-order chi connectivity index (χ1) is 8.58. The molecule has 4 heteroatoms. The van der Waals surface area contributed by atoms with Crippen molar-refractivity contribution in [3.63, 3.8) is 0 Å². The van der Waals surface area contributed by atoms with E-state index in [1.165, 1.54) is 25.7 Å². The topological polar surface area (TPSA) is 64.4 Å². The molecule has 1 heterocycles. The summed E-state index contributed by atoms with van der Waals surface area (Å²) in [5.41, 5.74) is 5.42. The molecule has 1 rings (SSSR count). The SMILES string of the molecule is CCCCCCC(C)NC(=O)C1(N)CCOCC1. The molecule has 0 aliphatic carbocycles. The summed E-state index contributed by atoms with van der Waals surface area (Å²) in [5.74, 6) is -0.00575. The zero-order valence-corrected chi connectivity index (χ0v) is 11.8. The number of ether oxygens (including phenoxy) is 1. The Morgan fingerprint density at radius 2 is 2.00 bits per heavy atom. The van der Waals surface area contributed by atoms with Gasteiger partial charge in [0.05, 0.1) is 5.54 Å². The van der Waals surface area contributed by atoms with Crippen molar-refractivity contribution in [2.75, 3.05) is 13.2 Å². The number of unbranched alkanes of at least 4 members (excludes halogenated alkanes) is 3. The number of nitrogens with two attached hydrogens (primary N) is 1. The lowest BCUT2D eigenvalue weighted by molar-refractivity contribution is -0.130. The number of nitrogens with one attached hydrogen (secondary N) is 1. The van der Waals surface area contributed by atoms with Gasteiger partial charge in [-0.1, -0.05) is 32.6 Å². The minimum atomic E-state index is -0.712. The van der Waals surface area contributed by atoms with E-state index >= 15 is 0 Å². The molecular weight excluding hydrogens is 228 g/mol. The van der Waals surface area contributed by atoms with Crippen LogP contribution in [0.3, 0.4) is 0 Å². The van der Waals surface area contributed by atoms with Gasteiger partial charge in [-0.25, -0.2) is 0 Å². The van der Waals surface area contributed by atoms with E-state index in [-0.39, 0.29) is 11.9 Å². The summed E-state index contributed by atoms with van der Waals surface area (Å²) < 4.78 is 5.25. The van der Waals surface area contributed by atoms with Crippen LogP contribution in [0.5, 0.6) is 0 Å². The normalized spacial score (nSPS) is 20.4. The molecular formula is C14H28N2O2. The van der Waals surface area contributed by atoms with Crippen LogP contribution in [-0.2, 0) is 9.53 Å². The minimum Gasteiger partial charge on any atom is -0.381 e. The molecule has 0 bridgehead atoms. The Labute approximate surface area is 111 Å². The highest BCUT2D eigenvalue weighted by molar-refractivity contribution is 5.86. The van der Waals surface area contributed by atoms with Gasteiger partial charge >= 0.3 is 0 Å². The van der Waals surface area contributed by atoms with Crippen molar-refractivity contribution >= 4 is 5.91 Å². The molecule has 18 heavy (non-hydrogen) atoms. The van der Waals surface area contributed by atoms with E-state index in [0.29, 0.717) is 26.1 Å².